The Hall–Kier alpha value is -4.99. The Kier molecular flexibility index (Phi) is 5.64. The zero-order valence-electron chi connectivity index (χ0n) is 21.1. The summed E-state index contributed by atoms with van der Waals surface area (Å²) in [5, 5.41) is 11.3. The summed E-state index contributed by atoms with van der Waals surface area (Å²) >= 11 is 0. The Bertz CT molecular complexity index is 1780. The minimum atomic E-state index is -0.107. The van der Waals surface area contributed by atoms with Gasteiger partial charge in [-0.3, -0.25) is 24.8 Å². The number of fused-ring (bicyclic) bond motifs is 2. The lowest BCUT2D eigenvalue weighted by molar-refractivity contribution is -0.117. The topological polar surface area (TPSA) is 138 Å². The number of carbonyl (C=O) groups is 1. The molecule has 0 saturated carbocycles. The molecule has 6 rings (SSSR count). The number of hydrogen-bond donors (Lipinski definition) is 3. The molecular weight excluding hydrogens is 478 g/mol. The predicted molar refractivity (Wildman–Crippen MR) is 146 cm³/mol. The van der Waals surface area contributed by atoms with Gasteiger partial charge in [-0.25, -0.2) is 9.97 Å². The third-order valence-corrected chi connectivity index (χ3v) is 6.06. The number of anilines is 1. The lowest BCUT2D eigenvalue weighted by atomic mass is 9.92. The second-order valence-corrected chi connectivity index (χ2v) is 10.3. The van der Waals surface area contributed by atoms with E-state index in [2.05, 4.69) is 40.4 Å². The average Bonchev–Trinajstić information content (AvgIpc) is 3.51. The molecule has 1 amide bonds. The number of aromatic amines is 2. The van der Waals surface area contributed by atoms with Crippen LogP contribution in [0.2, 0.25) is 0 Å². The van der Waals surface area contributed by atoms with Crippen molar-refractivity contribution < 1.29 is 4.79 Å². The highest BCUT2D eigenvalue weighted by molar-refractivity contribution is 5.97. The molecule has 3 N–H and O–H groups in total. The van der Waals surface area contributed by atoms with Crippen LogP contribution in [-0.4, -0.2) is 46.0 Å². The van der Waals surface area contributed by atoms with Crippen LogP contribution in [0.15, 0.2) is 67.5 Å². The molecule has 6 heterocycles. The van der Waals surface area contributed by atoms with Gasteiger partial charge in [-0.15, -0.1) is 0 Å². The van der Waals surface area contributed by atoms with Crippen molar-refractivity contribution in [2.24, 2.45) is 5.41 Å². The van der Waals surface area contributed by atoms with Crippen LogP contribution in [0, 0.1) is 5.41 Å². The standard InChI is InChI=1S/C28H25N9O/c1-28(2,3)12-23(38)33-18-10-17(13-30-14-18)21-11-20-22(15-32-21)36-37-25(20)27-34-24-19(6-9-31-26(24)35-27)16-4-7-29-8-5-16/h4-11,13-15H,12H2,1-3H3,(H,33,38)(H,36,37)(H,31,34,35). The Labute approximate surface area is 218 Å². The van der Waals surface area contributed by atoms with Gasteiger partial charge in [-0.05, 0) is 41.3 Å². The van der Waals surface area contributed by atoms with Crippen LogP contribution in [0.25, 0.3) is 56.0 Å². The van der Waals surface area contributed by atoms with Crippen molar-refractivity contribution in [3.8, 4) is 33.9 Å². The van der Waals surface area contributed by atoms with E-state index in [0.717, 1.165) is 33.1 Å². The summed E-state index contributed by atoms with van der Waals surface area (Å²) in [4.78, 5) is 38.0. The number of pyridine rings is 4. The molecule has 0 aliphatic carbocycles. The zero-order valence-corrected chi connectivity index (χ0v) is 21.1. The van der Waals surface area contributed by atoms with Gasteiger partial charge in [-0.1, -0.05) is 20.8 Å². The molecule has 0 bridgehead atoms. The Balaban J connectivity index is 1.36. The van der Waals surface area contributed by atoms with E-state index in [1.165, 1.54) is 0 Å². The summed E-state index contributed by atoms with van der Waals surface area (Å²) in [5.74, 6) is 0.542. The fourth-order valence-corrected chi connectivity index (χ4v) is 4.39. The first-order valence-corrected chi connectivity index (χ1v) is 12.2. The summed E-state index contributed by atoms with van der Waals surface area (Å²) < 4.78 is 0. The van der Waals surface area contributed by atoms with E-state index in [-0.39, 0.29) is 11.3 Å². The molecule has 0 atom stereocenters. The van der Waals surface area contributed by atoms with Crippen LogP contribution in [-0.2, 0) is 4.79 Å². The van der Waals surface area contributed by atoms with E-state index >= 15 is 0 Å². The van der Waals surface area contributed by atoms with Gasteiger partial charge in [0, 0.05) is 47.7 Å². The maximum absolute atomic E-state index is 12.4. The third-order valence-electron chi connectivity index (χ3n) is 6.06. The Morgan fingerprint density at radius 2 is 1.79 bits per heavy atom. The lowest BCUT2D eigenvalue weighted by Gasteiger charge is -2.17. The lowest BCUT2D eigenvalue weighted by Crippen LogP contribution is -2.19. The first kappa shape index (κ1) is 23.4. The van der Waals surface area contributed by atoms with E-state index < -0.39 is 0 Å². The highest BCUT2D eigenvalue weighted by Gasteiger charge is 2.18. The number of amides is 1. The molecular formula is C28H25N9O. The fraction of sp³-hybridized carbons (Fsp3) is 0.179. The largest absolute Gasteiger partial charge is 0.335 e. The Morgan fingerprint density at radius 3 is 2.61 bits per heavy atom. The number of aromatic nitrogens is 8. The third kappa shape index (κ3) is 4.59. The second kappa shape index (κ2) is 9.15. The maximum atomic E-state index is 12.4. The smallest absolute Gasteiger partial charge is 0.224 e. The number of carbonyl (C=O) groups excluding carboxylic acids is 1. The molecule has 10 heteroatoms. The molecule has 0 saturated heterocycles. The van der Waals surface area contributed by atoms with Gasteiger partial charge in [0.1, 0.15) is 5.69 Å². The van der Waals surface area contributed by atoms with E-state index in [9.17, 15) is 4.79 Å². The summed E-state index contributed by atoms with van der Waals surface area (Å²) in [6.45, 7) is 6.09. The van der Waals surface area contributed by atoms with Crippen LogP contribution < -0.4 is 5.32 Å². The van der Waals surface area contributed by atoms with Crippen molar-refractivity contribution in [1.29, 1.82) is 0 Å². The number of imidazole rings is 1. The van der Waals surface area contributed by atoms with Gasteiger partial charge in [0.05, 0.1) is 34.8 Å². The van der Waals surface area contributed by atoms with Gasteiger partial charge in [0.15, 0.2) is 11.5 Å². The van der Waals surface area contributed by atoms with Crippen molar-refractivity contribution in [2.75, 3.05) is 5.32 Å². The summed E-state index contributed by atoms with van der Waals surface area (Å²) in [7, 11) is 0. The molecule has 6 aromatic heterocycles. The molecule has 10 nitrogen and oxygen atoms in total. The van der Waals surface area contributed by atoms with E-state index in [1.807, 2.05) is 51.1 Å². The fourth-order valence-electron chi connectivity index (χ4n) is 4.39. The van der Waals surface area contributed by atoms with Gasteiger partial charge in [0.25, 0.3) is 0 Å². The molecule has 0 aliphatic heterocycles. The van der Waals surface area contributed by atoms with Gasteiger partial charge in [-0.2, -0.15) is 5.10 Å². The van der Waals surface area contributed by atoms with Crippen LogP contribution in [0.5, 0.6) is 0 Å². The highest BCUT2D eigenvalue weighted by Crippen LogP contribution is 2.32. The predicted octanol–water partition coefficient (Wildman–Crippen LogP) is 5.39. The van der Waals surface area contributed by atoms with Crippen molar-refractivity contribution in [1.82, 2.24) is 40.1 Å². The van der Waals surface area contributed by atoms with Gasteiger partial charge >= 0.3 is 0 Å². The molecule has 0 aromatic carbocycles. The van der Waals surface area contributed by atoms with Crippen LogP contribution in [0.1, 0.15) is 27.2 Å². The molecule has 0 fully saturated rings. The van der Waals surface area contributed by atoms with Crippen LogP contribution in [0.3, 0.4) is 0 Å². The molecule has 0 spiro atoms. The first-order chi connectivity index (χ1) is 18.3. The average molecular weight is 504 g/mol. The summed E-state index contributed by atoms with van der Waals surface area (Å²) in [6, 6.07) is 9.66. The van der Waals surface area contributed by atoms with E-state index in [4.69, 9.17) is 4.98 Å². The minimum Gasteiger partial charge on any atom is -0.335 e. The minimum absolute atomic E-state index is 0.0541. The molecule has 0 aliphatic rings. The van der Waals surface area contributed by atoms with Gasteiger partial charge in [0.2, 0.25) is 5.91 Å². The van der Waals surface area contributed by atoms with Crippen molar-refractivity contribution in [3.63, 3.8) is 0 Å². The summed E-state index contributed by atoms with van der Waals surface area (Å²) in [6.07, 6.45) is 10.8. The monoisotopic (exact) mass is 503 g/mol. The molecule has 38 heavy (non-hydrogen) atoms. The number of H-pyrrole nitrogens is 2. The molecule has 188 valence electrons. The van der Waals surface area contributed by atoms with Crippen LogP contribution >= 0.6 is 0 Å². The van der Waals surface area contributed by atoms with Crippen molar-refractivity contribution >= 4 is 33.7 Å². The molecule has 0 unspecified atom stereocenters. The normalized spacial score (nSPS) is 11.8. The quantitative estimate of drug-likeness (QED) is 0.286. The number of rotatable bonds is 5. The van der Waals surface area contributed by atoms with Crippen LogP contribution in [0.4, 0.5) is 5.69 Å². The van der Waals surface area contributed by atoms with Gasteiger partial charge < -0.3 is 10.3 Å². The number of nitrogens with zero attached hydrogens (tertiary/aromatic N) is 6. The maximum Gasteiger partial charge on any atom is 0.224 e. The van der Waals surface area contributed by atoms with Crippen molar-refractivity contribution in [3.05, 3.63) is 67.5 Å². The van der Waals surface area contributed by atoms with E-state index in [0.29, 0.717) is 35.0 Å². The summed E-state index contributed by atoms with van der Waals surface area (Å²) in [5.41, 5.74) is 6.84. The van der Waals surface area contributed by atoms with Crippen molar-refractivity contribution in [2.45, 2.75) is 27.2 Å². The Morgan fingerprint density at radius 1 is 0.947 bits per heavy atom. The zero-order chi connectivity index (χ0) is 26.3. The molecule has 6 aromatic rings. The SMILES string of the molecule is CC(C)(C)CC(=O)Nc1cncc(-c2cc3c(-c4nc5nccc(-c6ccncc6)c5[nH]4)n[nH]c3cn2)c1. The highest BCUT2D eigenvalue weighted by atomic mass is 16.1. The van der Waals surface area contributed by atoms with E-state index in [1.54, 1.807) is 37.2 Å². The first-order valence-electron chi connectivity index (χ1n) is 12.2. The number of nitrogens with one attached hydrogen (secondary N) is 3. The number of hydrogen-bond acceptors (Lipinski definition) is 7. The second-order valence-electron chi connectivity index (χ2n) is 10.3. The molecule has 0 radical (unpaired) electrons.